The van der Waals surface area contributed by atoms with Crippen LogP contribution in [0.4, 0.5) is 0 Å². The van der Waals surface area contributed by atoms with Crippen molar-refractivity contribution in [2.45, 2.75) is 38.1 Å². The molecular weight excluding hydrogens is 226 g/mol. The third-order valence-corrected chi connectivity index (χ3v) is 4.20. The fourth-order valence-electron chi connectivity index (χ4n) is 2.80. The highest BCUT2D eigenvalue weighted by Gasteiger charge is 2.43. The topological polar surface area (TPSA) is 46.1 Å². The van der Waals surface area contributed by atoms with Crippen LogP contribution in [0.2, 0.25) is 0 Å². The van der Waals surface area contributed by atoms with Gasteiger partial charge in [0.05, 0.1) is 11.1 Å². The molecule has 0 aliphatic heterocycles. The van der Waals surface area contributed by atoms with E-state index in [4.69, 9.17) is 0 Å². The highest BCUT2D eigenvalue weighted by atomic mass is 16.1. The highest BCUT2D eigenvalue weighted by molar-refractivity contribution is 6.02. The Bertz CT molecular complexity index is 408. The van der Waals surface area contributed by atoms with Gasteiger partial charge >= 0.3 is 0 Å². The molecular formula is C14H21N3O. The molecule has 4 nitrogen and oxygen atoms in total. The van der Waals surface area contributed by atoms with Gasteiger partial charge < -0.3 is 0 Å². The second-order valence-corrected chi connectivity index (χ2v) is 5.56. The number of nitrogens with zero attached hydrogens (tertiary/aromatic N) is 3. The monoisotopic (exact) mass is 247 g/mol. The van der Waals surface area contributed by atoms with Gasteiger partial charge in [-0.15, -0.1) is 0 Å². The van der Waals surface area contributed by atoms with Gasteiger partial charge in [0.25, 0.3) is 0 Å². The average Bonchev–Trinajstić information content (AvgIpc) is 2.40. The Morgan fingerprint density at radius 3 is 2.33 bits per heavy atom. The Morgan fingerprint density at radius 2 is 1.83 bits per heavy atom. The molecule has 0 bridgehead atoms. The van der Waals surface area contributed by atoms with Crippen LogP contribution in [0.25, 0.3) is 0 Å². The summed E-state index contributed by atoms with van der Waals surface area (Å²) < 4.78 is 0. The molecule has 0 atom stereocenters. The number of ketones is 1. The van der Waals surface area contributed by atoms with Gasteiger partial charge in [-0.1, -0.05) is 6.92 Å². The summed E-state index contributed by atoms with van der Waals surface area (Å²) in [5.41, 5.74) is 0.262. The van der Waals surface area contributed by atoms with E-state index in [0.717, 1.165) is 31.6 Å². The van der Waals surface area contributed by atoms with E-state index in [2.05, 4.69) is 21.8 Å². The van der Waals surface area contributed by atoms with Crippen LogP contribution in [0.5, 0.6) is 0 Å². The molecule has 1 aliphatic carbocycles. The smallest absolute Gasteiger partial charge is 0.186 e. The number of carbonyl (C=O) groups is 1. The first-order chi connectivity index (χ1) is 8.56. The number of carbonyl (C=O) groups excluding carboxylic acids is 1. The first-order valence-corrected chi connectivity index (χ1v) is 6.53. The number of Topliss-reactive ketones (excluding diaryl/α,β-unsaturated/α-hetero) is 1. The van der Waals surface area contributed by atoms with Gasteiger partial charge in [0, 0.05) is 12.4 Å². The quantitative estimate of drug-likeness (QED) is 0.768. The third kappa shape index (κ3) is 2.29. The van der Waals surface area contributed by atoms with Gasteiger partial charge in [-0.25, -0.2) is 9.97 Å². The summed E-state index contributed by atoms with van der Waals surface area (Å²) in [5, 5.41) is 0. The van der Waals surface area contributed by atoms with Gasteiger partial charge in [0.2, 0.25) is 0 Å². The lowest BCUT2D eigenvalue weighted by Crippen LogP contribution is -2.53. The fourth-order valence-corrected chi connectivity index (χ4v) is 2.80. The Labute approximate surface area is 108 Å². The minimum absolute atomic E-state index is 0.167. The molecule has 1 aromatic rings. The zero-order chi connectivity index (χ0) is 13.2. The lowest BCUT2D eigenvalue weighted by molar-refractivity contribution is 0.0512. The minimum atomic E-state index is -0.364. The maximum absolute atomic E-state index is 12.7. The van der Waals surface area contributed by atoms with Gasteiger partial charge in [0.1, 0.15) is 6.33 Å². The van der Waals surface area contributed by atoms with Crippen molar-refractivity contribution >= 4 is 5.78 Å². The highest BCUT2D eigenvalue weighted by Crippen LogP contribution is 2.37. The summed E-state index contributed by atoms with van der Waals surface area (Å²) in [7, 11) is 4.00. The molecule has 0 aromatic carbocycles. The summed E-state index contributed by atoms with van der Waals surface area (Å²) in [6, 6.07) is 0. The van der Waals surface area contributed by atoms with Crippen molar-refractivity contribution in [2.75, 3.05) is 14.1 Å². The molecule has 98 valence electrons. The van der Waals surface area contributed by atoms with Crippen molar-refractivity contribution in [1.82, 2.24) is 14.9 Å². The van der Waals surface area contributed by atoms with E-state index in [-0.39, 0.29) is 11.3 Å². The first-order valence-electron chi connectivity index (χ1n) is 6.53. The molecule has 1 aliphatic rings. The summed E-state index contributed by atoms with van der Waals surface area (Å²) in [6.45, 7) is 2.26. The fraction of sp³-hybridized carbons (Fsp3) is 0.643. The lowest BCUT2D eigenvalue weighted by Gasteiger charge is -2.43. The molecule has 1 saturated carbocycles. The van der Waals surface area contributed by atoms with Crippen LogP contribution in [0.1, 0.15) is 43.0 Å². The second-order valence-electron chi connectivity index (χ2n) is 5.56. The average molecular weight is 247 g/mol. The van der Waals surface area contributed by atoms with Crippen LogP contribution in [0.3, 0.4) is 0 Å². The van der Waals surface area contributed by atoms with Crippen molar-refractivity contribution < 1.29 is 4.79 Å². The van der Waals surface area contributed by atoms with E-state index in [1.54, 1.807) is 12.4 Å². The summed E-state index contributed by atoms with van der Waals surface area (Å²) >= 11 is 0. The largest absolute Gasteiger partial charge is 0.297 e. The van der Waals surface area contributed by atoms with Crippen LogP contribution in [-0.2, 0) is 0 Å². The number of hydrogen-bond acceptors (Lipinski definition) is 4. The molecule has 0 saturated heterocycles. The molecule has 1 fully saturated rings. The number of rotatable bonds is 3. The number of likely N-dealkylation sites (N-methyl/N-ethyl adjacent to an activating group) is 1. The van der Waals surface area contributed by atoms with Crippen molar-refractivity contribution in [3.63, 3.8) is 0 Å². The Kier molecular flexibility index (Phi) is 3.76. The molecule has 2 rings (SSSR count). The van der Waals surface area contributed by atoms with E-state index in [1.165, 1.54) is 6.33 Å². The molecule has 4 heteroatoms. The minimum Gasteiger partial charge on any atom is -0.297 e. The molecule has 0 spiro atoms. The van der Waals surface area contributed by atoms with Gasteiger partial charge in [0.15, 0.2) is 5.78 Å². The molecule has 1 heterocycles. The summed E-state index contributed by atoms with van der Waals surface area (Å²) in [6.07, 6.45) is 8.78. The zero-order valence-electron chi connectivity index (χ0n) is 11.4. The predicted octanol–water partition coefficient (Wildman–Crippen LogP) is 2.17. The van der Waals surface area contributed by atoms with E-state index in [0.29, 0.717) is 5.56 Å². The van der Waals surface area contributed by atoms with Gasteiger partial charge in [-0.05, 0) is 45.7 Å². The standard InChI is InChI=1S/C14H21N3O/c1-11-4-6-14(7-5-11,17(2)3)13(18)12-8-15-10-16-9-12/h8-11H,4-7H2,1-3H3. The molecule has 0 radical (unpaired) electrons. The normalized spacial score (nSPS) is 28.3. The van der Waals surface area contributed by atoms with E-state index in [1.807, 2.05) is 14.1 Å². The van der Waals surface area contributed by atoms with Crippen LogP contribution in [0, 0.1) is 5.92 Å². The Morgan fingerprint density at radius 1 is 1.28 bits per heavy atom. The Balaban J connectivity index is 2.29. The first kappa shape index (κ1) is 13.1. The van der Waals surface area contributed by atoms with Crippen LogP contribution >= 0.6 is 0 Å². The van der Waals surface area contributed by atoms with Gasteiger partial charge in [-0.2, -0.15) is 0 Å². The molecule has 18 heavy (non-hydrogen) atoms. The molecule has 1 aromatic heterocycles. The molecule has 0 N–H and O–H groups in total. The SMILES string of the molecule is CC1CCC(C(=O)c2cncnc2)(N(C)C)CC1. The maximum atomic E-state index is 12.7. The Hall–Kier alpha value is -1.29. The summed E-state index contributed by atoms with van der Waals surface area (Å²) in [4.78, 5) is 22.7. The van der Waals surface area contributed by atoms with Crippen molar-refractivity contribution in [2.24, 2.45) is 5.92 Å². The number of aromatic nitrogens is 2. The van der Waals surface area contributed by atoms with E-state index in [9.17, 15) is 4.79 Å². The van der Waals surface area contributed by atoms with Gasteiger partial charge in [-0.3, -0.25) is 9.69 Å². The number of hydrogen-bond donors (Lipinski definition) is 0. The van der Waals surface area contributed by atoms with Crippen LogP contribution in [-0.4, -0.2) is 40.3 Å². The lowest BCUT2D eigenvalue weighted by atomic mass is 9.72. The van der Waals surface area contributed by atoms with Crippen LogP contribution in [0.15, 0.2) is 18.7 Å². The second kappa shape index (κ2) is 5.14. The summed E-state index contributed by atoms with van der Waals surface area (Å²) in [5.74, 6) is 0.887. The van der Waals surface area contributed by atoms with Crippen molar-refractivity contribution in [1.29, 1.82) is 0 Å². The maximum Gasteiger partial charge on any atom is 0.186 e. The zero-order valence-corrected chi connectivity index (χ0v) is 11.4. The van der Waals surface area contributed by atoms with Crippen molar-refractivity contribution in [3.8, 4) is 0 Å². The van der Waals surface area contributed by atoms with E-state index >= 15 is 0 Å². The predicted molar refractivity (Wildman–Crippen MR) is 70.4 cm³/mol. The van der Waals surface area contributed by atoms with Crippen LogP contribution < -0.4 is 0 Å². The van der Waals surface area contributed by atoms with Crippen molar-refractivity contribution in [3.05, 3.63) is 24.3 Å². The van der Waals surface area contributed by atoms with E-state index < -0.39 is 0 Å². The molecule has 0 amide bonds. The third-order valence-electron chi connectivity index (χ3n) is 4.20. The molecule has 0 unspecified atom stereocenters.